The molecule has 0 aliphatic heterocycles. The highest BCUT2D eigenvalue weighted by molar-refractivity contribution is 6.29. The zero-order valence-electron chi connectivity index (χ0n) is 13.3. The number of hydrogen-bond acceptors (Lipinski definition) is 4. The van der Waals surface area contributed by atoms with Crippen LogP contribution in [-0.2, 0) is 11.8 Å². The molecule has 0 fully saturated rings. The molecule has 0 saturated carbocycles. The van der Waals surface area contributed by atoms with Crippen molar-refractivity contribution in [2.24, 2.45) is 7.05 Å². The van der Waals surface area contributed by atoms with Crippen LogP contribution in [0.5, 0.6) is 5.88 Å². The maximum atomic E-state index is 12.6. The smallest absolute Gasteiger partial charge is 0.465 e. The standard InChI is InChI=1S/C13H10ClF3N2O3/c1-19-6-5-8(12(20)21-2)10(19)7-3-4-9(14)18-11(7)22-13(15,16)17/h3-6H,1-2H3/i5D,6D. The van der Waals surface area contributed by atoms with E-state index in [1.54, 1.807) is 0 Å². The van der Waals surface area contributed by atoms with Crippen LogP contribution in [0.15, 0.2) is 24.3 Å². The minimum Gasteiger partial charge on any atom is -0.465 e. The first-order valence-electron chi connectivity index (χ1n) is 6.73. The molecule has 118 valence electrons. The fraction of sp³-hybridized carbons (Fsp3) is 0.231. The van der Waals surface area contributed by atoms with Gasteiger partial charge >= 0.3 is 12.3 Å². The number of pyridine rings is 1. The topological polar surface area (TPSA) is 53.4 Å². The van der Waals surface area contributed by atoms with E-state index in [-0.39, 0.29) is 22.0 Å². The summed E-state index contributed by atoms with van der Waals surface area (Å²) in [6.45, 7) is 0. The summed E-state index contributed by atoms with van der Waals surface area (Å²) < 4.78 is 62.9. The minimum atomic E-state index is -5.05. The molecule has 2 aromatic heterocycles. The van der Waals surface area contributed by atoms with Gasteiger partial charge in [-0.1, -0.05) is 11.6 Å². The molecule has 0 N–H and O–H groups in total. The van der Waals surface area contributed by atoms with Gasteiger partial charge < -0.3 is 14.0 Å². The quantitative estimate of drug-likeness (QED) is 0.636. The first-order valence-corrected chi connectivity index (χ1v) is 6.11. The van der Waals surface area contributed by atoms with Crippen LogP contribution in [-0.4, -0.2) is 29.0 Å². The third kappa shape index (κ3) is 3.33. The molecule has 0 unspecified atom stereocenters. The zero-order chi connectivity index (χ0) is 18.2. The second-order valence-electron chi connectivity index (χ2n) is 4.05. The van der Waals surface area contributed by atoms with E-state index in [9.17, 15) is 18.0 Å². The van der Waals surface area contributed by atoms with E-state index in [1.807, 2.05) is 0 Å². The number of esters is 1. The number of ether oxygens (including phenoxy) is 2. The predicted octanol–water partition coefficient (Wildman–Crippen LogP) is 3.43. The molecule has 2 rings (SSSR count). The van der Waals surface area contributed by atoms with E-state index < -0.39 is 30.4 Å². The zero-order valence-corrected chi connectivity index (χ0v) is 12.0. The summed E-state index contributed by atoms with van der Waals surface area (Å²) in [5.41, 5.74) is -0.798. The van der Waals surface area contributed by atoms with Gasteiger partial charge in [-0.15, -0.1) is 13.2 Å². The molecule has 2 aromatic rings. The summed E-state index contributed by atoms with van der Waals surface area (Å²) in [5.74, 6) is -1.88. The number of methoxy groups -OCH3 is 1. The van der Waals surface area contributed by atoms with Crippen LogP contribution in [0.4, 0.5) is 13.2 Å². The summed E-state index contributed by atoms with van der Waals surface area (Å²) in [4.78, 5) is 15.4. The molecular weight excluding hydrogens is 325 g/mol. The molecule has 0 spiro atoms. The molecule has 0 bridgehead atoms. The van der Waals surface area contributed by atoms with Crippen molar-refractivity contribution in [2.45, 2.75) is 6.36 Å². The average molecular weight is 337 g/mol. The Morgan fingerprint density at radius 1 is 1.45 bits per heavy atom. The number of alkyl halides is 3. The van der Waals surface area contributed by atoms with Crippen molar-refractivity contribution in [1.82, 2.24) is 9.55 Å². The van der Waals surface area contributed by atoms with Crippen molar-refractivity contribution in [3.63, 3.8) is 0 Å². The molecule has 9 heteroatoms. The predicted molar refractivity (Wildman–Crippen MR) is 71.7 cm³/mol. The Labute approximate surface area is 131 Å². The van der Waals surface area contributed by atoms with Crippen LogP contribution in [0.25, 0.3) is 11.3 Å². The second kappa shape index (κ2) is 5.88. The lowest BCUT2D eigenvalue weighted by Gasteiger charge is -2.14. The van der Waals surface area contributed by atoms with Crippen LogP contribution in [0.1, 0.15) is 13.1 Å². The minimum absolute atomic E-state index is 0.166. The molecule has 0 aromatic carbocycles. The maximum absolute atomic E-state index is 12.6. The van der Waals surface area contributed by atoms with Crippen LogP contribution in [0.2, 0.25) is 5.15 Å². The Balaban J connectivity index is 2.78. The molecular formula is C13H10ClF3N2O3. The average Bonchev–Trinajstić information content (AvgIpc) is 2.69. The molecule has 0 aliphatic carbocycles. The largest absolute Gasteiger partial charge is 0.574 e. The van der Waals surface area contributed by atoms with E-state index in [4.69, 9.17) is 14.3 Å². The Hall–Kier alpha value is -2.22. The van der Waals surface area contributed by atoms with E-state index in [2.05, 4.69) is 14.5 Å². The first kappa shape index (κ1) is 13.4. The third-order valence-electron chi connectivity index (χ3n) is 2.60. The van der Waals surface area contributed by atoms with Gasteiger partial charge in [0.25, 0.3) is 0 Å². The van der Waals surface area contributed by atoms with Crippen molar-refractivity contribution in [3.8, 4) is 17.1 Å². The molecule has 0 aliphatic rings. The van der Waals surface area contributed by atoms with Crippen LogP contribution in [0, 0.1) is 0 Å². The molecule has 0 radical (unpaired) electrons. The van der Waals surface area contributed by atoms with Gasteiger partial charge in [-0.25, -0.2) is 9.78 Å². The Morgan fingerprint density at radius 3 is 2.73 bits per heavy atom. The summed E-state index contributed by atoms with van der Waals surface area (Å²) >= 11 is 5.61. The lowest BCUT2D eigenvalue weighted by molar-refractivity contribution is -0.275. The molecule has 0 saturated heterocycles. The fourth-order valence-electron chi connectivity index (χ4n) is 1.77. The Bertz CT molecular complexity index is 809. The number of carbonyl (C=O) groups is 1. The van der Waals surface area contributed by atoms with Crippen LogP contribution >= 0.6 is 11.6 Å². The summed E-state index contributed by atoms with van der Waals surface area (Å²) in [7, 11) is 2.36. The summed E-state index contributed by atoms with van der Waals surface area (Å²) in [6, 6.07) is 1.85. The normalized spacial score (nSPS) is 12.6. The van der Waals surface area contributed by atoms with Gasteiger partial charge in [-0.05, 0) is 18.2 Å². The van der Waals surface area contributed by atoms with Gasteiger partial charge in [0.1, 0.15) is 5.15 Å². The number of hydrogen-bond donors (Lipinski definition) is 0. The van der Waals surface area contributed by atoms with Crippen molar-refractivity contribution in [1.29, 1.82) is 0 Å². The molecule has 22 heavy (non-hydrogen) atoms. The highest BCUT2D eigenvalue weighted by Gasteiger charge is 2.34. The highest BCUT2D eigenvalue weighted by Crippen LogP contribution is 2.35. The number of nitrogens with zero attached hydrogens (tertiary/aromatic N) is 2. The monoisotopic (exact) mass is 336 g/mol. The van der Waals surface area contributed by atoms with Crippen LogP contribution < -0.4 is 4.74 Å². The molecule has 2 heterocycles. The lowest BCUT2D eigenvalue weighted by Crippen LogP contribution is -2.19. The fourth-order valence-corrected chi connectivity index (χ4v) is 1.91. The van der Waals surface area contributed by atoms with Gasteiger partial charge in [-0.2, -0.15) is 0 Å². The van der Waals surface area contributed by atoms with Crippen molar-refractivity contribution < 1.29 is 30.2 Å². The van der Waals surface area contributed by atoms with E-state index in [0.29, 0.717) is 0 Å². The molecule has 0 amide bonds. The van der Waals surface area contributed by atoms with E-state index >= 15 is 0 Å². The number of rotatable bonds is 3. The van der Waals surface area contributed by atoms with Crippen molar-refractivity contribution in [3.05, 3.63) is 35.1 Å². The Kier molecular flexibility index (Phi) is 3.59. The number of aromatic nitrogens is 2. The van der Waals surface area contributed by atoms with Crippen LogP contribution in [0.3, 0.4) is 0 Å². The molecule has 0 atom stereocenters. The van der Waals surface area contributed by atoms with Gasteiger partial charge in [0.2, 0.25) is 5.88 Å². The molecule has 5 nitrogen and oxygen atoms in total. The van der Waals surface area contributed by atoms with Gasteiger partial charge in [0.15, 0.2) is 0 Å². The summed E-state index contributed by atoms with van der Waals surface area (Å²) in [5, 5.41) is -0.260. The van der Waals surface area contributed by atoms with E-state index in [0.717, 1.165) is 17.7 Å². The van der Waals surface area contributed by atoms with Crippen molar-refractivity contribution >= 4 is 17.6 Å². The van der Waals surface area contributed by atoms with Gasteiger partial charge in [0.05, 0.1) is 26.7 Å². The Morgan fingerprint density at radius 2 is 2.14 bits per heavy atom. The third-order valence-corrected chi connectivity index (χ3v) is 2.81. The van der Waals surface area contributed by atoms with E-state index in [1.165, 1.54) is 13.1 Å². The number of carbonyl (C=O) groups excluding carboxylic acids is 1. The summed E-state index contributed by atoms with van der Waals surface area (Å²) in [6.07, 6.45) is -5.44. The lowest BCUT2D eigenvalue weighted by atomic mass is 10.1. The van der Waals surface area contributed by atoms with Gasteiger partial charge in [-0.3, -0.25) is 0 Å². The van der Waals surface area contributed by atoms with Crippen molar-refractivity contribution in [2.75, 3.05) is 7.11 Å². The highest BCUT2D eigenvalue weighted by atomic mass is 35.5. The van der Waals surface area contributed by atoms with Gasteiger partial charge in [0, 0.05) is 13.2 Å². The number of halogens is 4. The maximum Gasteiger partial charge on any atom is 0.574 e. The second-order valence-corrected chi connectivity index (χ2v) is 4.43. The first-order chi connectivity index (χ1) is 11.1. The SMILES string of the molecule is [2H]c1c(C(=O)OC)c(-c2ccc(Cl)nc2OC(F)(F)F)n(C)c1[2H].